The van der Waals surface area contributed by atoms with Crippen LogP contribution in [0, 0.1) is 0 Å². The molecule has 6 heteroatoms. The molecule has 0 radical (unpaired) electrons. The maximum absolute atomic E-state index is 12.8. The molecule has 0 aliphatic rings. The molecule has 0 saturated carbocycles. The second-order valence-corrected chi connectivity index (χ2v) is 15.7. The molecule has 0 aromatic heterocycles. The number of rotatable bonds is 42. The monoisotopic (exact) mass is 821 g/mol. The Kier molecular flexibility index (Phi) is 44.5. The van der Waals surface area contributed by atoms with Crippen LogP contribution in [-0.2, 0) is 28.6 Å². The van der Waals surface area contributed by atoms with E-state index < -0.39 is 6.10 Å². The molecule has 1 unspecified atom stereocenters. The van der Waals surface area contributed by atoms with Gasteiger partial charge in [0.15, 0.2) is 6.10 Å². The van der Waals surface area contributed by atoms with Gasteiger partial charge in [0.25, 0.3) is 0 Å². The van der Waals surface area contributed by atoms with Gasteiger partial charge >= 0.3 is 17.9 Å². The fraction of sp³-hybridized carbons (Fsp3) is 0.679. The highest BCUT2D eigenvalue weighted by molar-refractivity contribution is 5.71. The molecule has 0 amide bonds. The van der Waals surface area contributed by atoms with Crippen LogP contribution in [0.3, 0.4) is 0 Å². The Balaban J connectivity index is 4.48. The van der Waals surface area contributed by atoms with Crippen LogP contribution in [0.5, 0.6) is 0 Å². The molecule has 0 rings (SSSR count). The minimum atomic E-state index is -0.801. The van der Waals surface area contributed by atoms with Gasteiger partial charge in [-0.2, -0.15) is 0 Å². The van der Waals surface area contributed by atoms with E-state index in [-0.39, 0.29) is 31.1 Å². The van der Waals surface area contributed by atoms with Crippen LogP contribution in [0.1, 0.15) is 213 Å². The van der Waals surface area contributed by atoms with Gasteiger partial charge in [-0.1, -0.05) is 183 Å². The average Bonchev–Trinajstić information content (AvgIpc) is 3.23. The lowest BCUT2D eigenvalue weighted by atomic mass is 10.1. The maximum Gasteiger partial charge on any atom is 0.306 e. The summed E-state index contributed by atoms with van der Waals surface area (Å²) in [7, 11) is 0. The lowest BCUT2D eigenvalue weighted by Gasteiger charge is -2.18. The molecule has 0 saturated heterocycles. The van der Waals surface area contributed by atoms with E-state index in [2.05, 4.69) is 106 Å². The molecule has 1 atom stereocenters. The predicted octanol–water partition coefficient (Wildman–Crippen LogP) is 15.6. The minimum Gasteiger partial charge on any atom is -0.462 e. The SMILES string of the molecule is CC\C=C/C=C\C=C/CCCCCCCC(=O)OCC(COC(=O)CCCCCC/C=C\C/C=C\C/C=C\CC)OC(=O)CCCCC/C=C\CCCCCCCCC. The van der Waals surface area contributed by atoms with Crippen molar-refractivity contribution in [1.82, 2.24) is 0 Å². The summed E-state index contributed by atoms with van der Waals surface area (Å²) in [6.07, 6.45) is 59.9. The molecule has 0 aromatic rings. The van der Waals surface area contributed by atoms with Gasteiger partial charge in [0, 0.05) is 19.3 Å². The van der Waals surface area contributed by atoms with Gasteiger partial charge in [-0.15, -0.1) is 0 Å². The zero-order valence-corrected chi connectivity index (χ0v) is 38.2. The van der Waals surface area contributed by atoms with E-state index >= 15 is 0 Å². The molecule has 0 aromatic carbocycles. The van der Waals surface area contributed by atoms with Gasteiger partial charge in [0.05, 0.1) is 0 Å². The largest absolute Gasteiger partial charge is 0.462 e. The molecule has 0 spiro atoms. The third kappa shape index (κ3) is 45.5. The average molecular weight is 821 g/mol. The first kappa shape index (κ1) is 55.6. The molecule has 6 nitrogen and oxygen atoms in total. The minimum absolute atomic E-state index is 0.102. The summed E-state index contributed by atoms with van der Waals surface area (Å²) in [6.45, 7) is 6.32. The number of carbonyl (C=O) groups is 3. The van der Waals surface area contributed by atoms with Crippen LogP contribution in [0.25, 0.3) is 0 Å². The van der Waals surface area contributed by atoms with Crippen LogP contribution in [0.2, 0.25) is 0 Å². The van der Waals surface area contributed by atoms with Crippen molar-refractivity contribution >= 4 is 17.9 Å². The summed E-state index contributed by atoms with van der Waals surface area (Å²) in [4.78, 5) is 37.8. The number of ether oxygens (including phenoxy) is 3. The van der Waals surface area contributed by atoms with Crippen molar-refractivity contribution in [3.63, 3.8) is 0 Å². The fourth-order valence-electron chi connectivity index (χ4n) is 6.33. The first-order valence-electron chi connectivity index (χ1n) is 24.1. The molecular formula is C53H88O6. The van der Waals surface area contributed by atoms with E-state index in [4.69, 9.17) is 14.2 Å². The zero-order chi connectivity index (χ0) is 43.0. The zero-order valence-electron chi connectivity index (χ0n) is 38.2. The van der Waals surface area contributed by atoms with Crippen LogP contribution in [0.4, 0.5) is 0 Å². The van der Waals surface area contributed by atoms with E-state index in [0.717, 1.165) is 128 Å². The number of hydrogen-bond donors (Lipinski definition) is 0. The summed E-state index contributed by atoms with van der Waals surface area (Å²) in [5.74, 6) is -0.964. The van der Waals surface area contributed by atoms with Gasteiger partial charge in [-0.25, -0.2) is 0 Å². The second kappa shape index (κ2) is 47.3. The van der Waals surface area contributed by atoms with Crippen molar-refractivity contribution in [2.24, 2.45) is 0 Å². The topological polar surface area (TPSA) is 78.9 Å². The second-order valence-electron chi connectivity index (χ2n) is 15.7. The molecule has 0 heterocycles. The molecule has 0 aliphatic heterocycles. The lowest BCUT2D eigenvalue weighted by Crippen LogP contribution is -2.30. The van der Waals surface area contributed by atoms with E-state index in [1.54, 1.807) is 0 Å². The third-order valence-corrected chi connectivity index (χ3v) is 9.93. The molecule has 336 valence electrons. The Labute approximate surface area is 363 Å². The number of esters is 3. The fourth-order valence-corrected chi connectivity index (χ4v) is 6.33. The van der Waals surface area contributed by atoms with Crippen molar-refractivity contribution in [3.05, 3.63) is 85.1 Å². The Bertz CT molecular complexity index is 1170. The van der Waals surface area contributed by atoms with Crippen molar-refractivity contribution in [2.45, 2.75) is 219 Å². The van der Waals surface area contributed by atoms with Gasteiger partial charge in [0.2, 0.25) is 0 Å². The summed E-state index contributed by atoms with van der Waals surface area (Å²) >= 11 is 0. The molecule has 0 bridgehead atoms. The molecule has 59 heavy (non-hydrogen) atoms. The van der Waals surface area contributed by atoms with E-state index in [1.807, 2.05) is 0 Å². The predicted molar refractivity (Wildman–Crippen MR) is 251 cm³/mol. The first-order valence-corrected chi connectivity index (χ1v) is 24.1. The number of unbranched alkanes of at least 4 members (excludes halogenated alkanes) is 19. The Morgan fingerprint density at radius 3 is 1.25 bits per heavy atom. The molecular weight excluding hydrogens is 733 g/mol. The maximum atomic E-state index is 12.8. The Hall–Kier alpha value is -3.41. The van der Waals surface area contributed by atoms with Crippen molar-refractivity contribution in [2.75, 3.05) is 13.2 Å². The van der Waals surface area contributed by atoms with Gasteiger partial charge in [0.1, 0.15) is 13.2 Å². The first-order chi connectivity index (χ1) is 29.0. The highest BCUT2D eigenvalue weighted by Crippen LogP contribution is 2.13. The number of carbonyl (C=O) groups excluding carboxylic acids is 3. The highest BCUT2D eigenvalue weighted by atomic mass is 16.6. The van der Waals surface area contributed by atoms with Gasteiger partial charge < -0.3 is 14.2 Å². The third-order valence-electron chi connectivity index (χ3n) is 9.93. The van der Waals surface area contributed by atoms with Crippen LogP contribution in [0.15, 0.2) is 85.1 Å². The molecule has 0 aliphatic carbocycles. The van der Waals surface area contributed by atoms with Crippen LogP contribution in [-0.4, -0.2) is 37.2 Å². The van der Waals surface area contributed by atoms with Gasteiger partial charge in [-0.3, -0.25) is 14.4 Å². The normalized spacial score (nSPS) is 12.8. The quantitative estimate of drug-likeness (QED) is 0.0201. The summed E-state index contributed by atoms with van der Waals surface area (Å²) < 4.78 is 16.7. The smallest absolute Gasteiger partial charge is 0.306 e. The Morgan fingerprint density at radius 1 is 0.373 bits per heavy atom. The summed E-state index contributed by atoms with van der Waals surface area (Å²) in [5.41, 5.74) is 0. The van der Waals surface area contributed by atoms with E-state index in [1.165, 1.54) is 44.9 Å². The van der Waals surface area contributed by atoms with E-state index in [9.17, 15) is 14.4 Å². The number of hydrogen-bond acceptors (Lipinski definition) is 6. The molecule has 0 N–H and O–H groups in total. The van der Waals surface area contributed by atoms with Crippen LogP contribution >= 0.6 is 0 Å². The van der Waals surface area contributed by atoms with Crippen molar-refractivity contribution < 1.29 is 28.6 Å². The standard InChI is InChI=1S/C53H88O6/c1-4-7-10-13-16-19-22-25-28-31-34-37-40-43-46-52(55)58-49-50(48-57-51(54)45-42-39-36-33-30-27-24-21-18-15-12-9-6-3)59-53(56)47-44-41-38-35-32-29-26-23-20-17-14-11-8-5-2/h7,9-10,12,15-16,18-19,21,24-25,28-29,32,50H,4-6,8,11,13-14,17,20,22-23,26-27,30-31,33-49H2,1-3H3/b10-7-,12-9-,18-15-,19-16-,24-21-,28-25-,32-29-. The van der Waals surface area contributed by atoms with Crippen molar-refractivity contribution in [3.8, 4) is 0 Å². The van der Waals surface area contributed by atoms with E-state index in [0.29, 0.717) is 19.3 Å². The van der Waals surface area contributed by atoms with Crippen molar-refractivity contribution in [1.29, 1.82) is 0 Å². The van der Waals surface area contributed by atoms with Crippen LogP contribution < -0.4 is 0 Å². The summed E-state index contributed by atoms with van der Waals surface area (Å²) in [5, 5.41) is 0. The number of allylic oxidation sites excluding steroid dienone is 14. The Morgan fingerprint density at radius 2 is 0.746 bits per heavy atom. The van der Waals surface area contributed by atoms with Gasteiger partial charge in [-0.05, 0) is 96.3 Å². The molecule has 0 fully saturated rings. The lowest BCUT2D eigenvalue weighted by molar-refractivity contribution is -0.167. The highest BCUT2D eigenvalue weighted by Gasteiger charge is 2.19. The summed E-state index contributed by atoms with van der Waals surface area (Å²) in [6, 6.07) is 0.